The molecule has 3 N–H and O–H groups in total. The number of amides is 2. The van der Waals surface area contributed by atoms with Gasteiger partial charge in [0.25, 0.3) is 0 Å². The fourth-order valence-electron chi connectivity index (χ4n) is 5.53. The second kappa shape index (κ2) is 16.1. The molecule has 0 unspecified atom stereocenters. The molecular formula is C37H45N3O6S. The standard InChI is InChI=1S/C37H45N3O6S/c1-37(2,3)46-36(43)39-32(25-41)35(42)38-18-22-44-29-16-12-27(13-17-29)34-31(30-8-4-5-9-33(30)47-34)24-26-10-14-28(15-11-26)45-23-21-40-19-6-7-20-40/h4-5,8-17,32,41H,6-7,18-25H2,1-3H3,(H,38,42)(H,39,43)/t32-/m0/s1. The van der Waals surface area contributed by atoms with Crippen molar-refractivity contribution in [3.63, 3.8) is 0 Å². The summed E-state index contributed by atoms with van der Waals surface area (Å²) in [7, 11) is 0. The molecule has 9 nitrogen and oxygen atoms in total. The van der Waals surface area contributed by atoms with Gasteiger partial charge in [-0.05, 0) is 118 Å². The Labute approximate surface area is 280 Å². The molecule has 0 bridgehead atoms. The van der Waals surface area contributed by atoms with Crippen LogP contribution in [-0.4, -0.2) is 79.6 Å². The van der Waals surface area contributed by atoms with Crippen molar-refractivity contribution in [2.45, 2.75) is 51.7 Å². The van der Waals surface area contributed by atoms with E-state index in [0.717, 1.165) is 24.3 Å². The lowest BCUT2D eigenvalue weighted by Gasteiger charge is -2.22. The van der Waals surface area contributed by atoms with Gasteiger partial charge in [-0.25, -0.2) is 4.79 Å². The number of fused-ring (bicyclic) bond motifs is 1. The Bertz CT molecular complexity index is 1610. The van der Waals surface area contributed by atoms with Crippen molar-refractivity contribution >= 4 is 33.4 Å². The second-order valence-corrected chi connectivity index (χ2v) is 13.7. The van der Waals surface area contributed by atoms with E-state index in [0.29, 0.717) is 12.4 Å². The Balaban J connectivity index is 1.16. The zero-order chi connectivity index (χ0) is 33.2. The molecular weight excluding hydrogens is 614 g/mol. The average Bonchev–Trinajstić information content (AvgIpc) is 3.70. The molecule has 10 heteroatoms. The summed E-state index contributed by atoms with van der Waals surface area (Å²) >= 11 is 1.79. The van der Waals surface area contributed by atoms with Crippen LogP contribution in [0.4, 0.5) is 4.79 Å². The molecule has 4 aromatic rings. The van der Waals surface area contributed by atoms with Crippen molar-refractivity contribution in [2.24, 2.45) is 0 Å². The topological polar surface area (TPSA) is 109 Å². The minimum Gasteiger partial charge on any atom is -0.492 e. The van der Waals surface area contributed by atoms with Gasteiger partial charge >= 0.3 is 6.09 Å². The Morgan fingerprint density at radius 2 is 1.57 bits per heavy atom. The van der Waals surface area contributed by atoms with Gasteiger partial charge in [-0.15, -0.1) is 11.3 Å². The second-order valence-electron chi connectivity index (χ2n) is 12.7. The molecule has 3 aromatic carbocycles. The summed E-state index contributed by atoms with van der Waals surface area (Å²) < 4.78 is 18.3. The summed E-state index contributed by atoms with van der Waals surface area (Å²) in [6.45, 7) is 9.09. The number of nitrogens with zero attached hydrogens (tertiary/aromatic N) is 1. The number of benzene rings is 3. The summed E-state index contributed by atoms with van der Waals surface area (Å²) in [6.07, 6.45) is 2.62. The minimum atomic E-state index is -1.12. The Hall–Kier alpha value is -4.12. The highest BCUT2D eigenvalue weighted by Gasteiger charge is 2.23. The monoisotopic (exact) mass is 659 g/mol. The third-order valence-corrected chi connectivity index (χ3v) is 9.12. The molecule has 0 aliphatic carbocycles. The summed E-state index contributed by atoms with van der Waals surface area (Å²) in [5.41, 5.74) is 2.93. The minimum absolute atomic E-state index is 0.204. The van der Waals surface area contributed by atoms with Gasteiger partial charge in [0.05, 0.1) is 13.2 Å². The van der Waals surface area contributed by atoms with Crippen LogP contribution in [0.15, 0.2) is 72.8 Å². The Morgan fingerprint density at radius 3 is 2.26 bits per heavy atom. The molecule has 2 heterocycles. The molecule has 47 heavy (non-hydrogen) atoms. The molecule has 250 valence electrons. The molecule has 1 aromatic heterocycles. The summed E-state index contributed by atoms with van der Waals surface area (Å²) in [6, 6.07) is 23.9. The predicted octanol–water partition coefficient (Wildman–Crippen LogP) is 6.01. The van der Waals surface area contributed by atoms with Crippen LogP contribution in [0.5, 0.6) is 11.5 Å². The van der Waals surface area contributed by atoms with Crippen LogP contribution in [0.25, 0.3) is 20.5 Å². The lowest BCUT2D eigenvalue weighted by atomic mass is 9.99. The van der Waals surface area contributed by atoms with Gasteiger partial charge < -0.3 is 30.0 Å². The maximum atomic E-state index is 12.4. The summed E-state index contributed by atoms with van der Waals surface area (Å²) in [5.74, 6) is 1.06. The number of nitrogens with one attached hydrogen (secondary N) is 2. The molecule has 0 saturated carbocycles. The molecule has 1 aliphatic heterocycles. The van der Waals surface area contributed by atoms with Crippen LogP contribution in [0.3, 0.4) is 0 Å². The fraction of sp³-hybridized carbons (Fsp3) is 0.405. The Kier molecular flexibility index (Phi) is 11.7. The molecule has 1 aliphatic rings. The number of aliphatic hydroxyl groups excluding tert-OH is 1. The van der Waals surface area contributed by atoms with Crippen molar-refractivity contribution in [1.29, 1.82) is 0 Å². The maximum absolute atomic E-state index is 12.4. The van der Waals surface area contributed by atoms with Crippen molar-refractivity contribution in [3.8, 4) is 21.9 Å². The number of hydrogen-bond donors (Lipinski definition) is 3. The van der Waals surface area contributed by atoms with E-state index < -0.39 is 30.3 Å². The first-order valence-electron chi connectivity index (χ1n) is 16.2. The van der Waals surface area contributed by atoms with E-state index in [-0.39, 0.29) is 13.2 Å². The first-order valence-corrected chi connectivity index (χ1v) is 17.1. The number of thiophene rings is 1. The van der Waals surface area contributed by atoms with Gasteiger partial charge in [0.15, 0.2) is 0 Å². The van der Waals surface area contributed by atoms with E-state index in [1.807, 2.05) is 12.1 Å². The van der Waals surface area contributed by atoms with E-state index in [1.54, 1.807) is 32.1 Å². The van der Waals surface area contributed by atoms with Gasteiger partial charge in [-0.3, -0.25) is 9.69 Å². The third-order valence-electron chi connectivity index (χ3n) is 7.85. The zero-order valence-corrected chi connectivity index (χ0v) is 28.2. The maximum Gasteiger partial charge on any atom is 0.408 e. The van der Waals surface area contributed by atoms with Gasteiger partial charge in [0, 0.05) is 16.1 Å². The number of carbonyl (C=O) groups excluding carboxylic acids is 2. The van der Waals surface area contributed by atoms with Crippen molar-refractivity contribution < 1.29 is 28.9 Å². The first-order chi connectivity index (χ1) is 22.7. The lowest BCUT2D eigenvalue weighted by Crippen LogP contribution is -2.50. The molecule has 0 radical (unpaired) electrons. The highest BCUT2D eigenvalue weighted by Crippen LogP contribution is 2.40. The van der Waals surface area contributed by atoms with Crippen LogP contribution >= 0.6 is 11.3 Å². The number of likely N-dealkylation sites (tertiary alicyclic amines) is 1. The van der Waals surface area contributed by atoms with Gasteiger partial charge in [0.2, 0.25) is 5.91 Å². The van der Waals surface area contributed by atoms with Crippen LogP contribution in [0.2, 0.25) is 0 Å². The highest BCUT2D eigenvalue weighted by molar-refractivity contribution is 7.22. The van der Waals surface area contributed by atoms with Gasteiger partial charge in [-0.1, -0.05) is 30.3 Å². The van der Waals surface area contributed by atoms with E-state index in [1.165, 1.54) is 52.0 Å². The number of ether oxygens (including phenoxy) is 3. The molecule has 1 saturated heterocycles. The van der Waals surface area contributed by atoms with Crippen LogP contribution in [0.1, 0.15) is 44.7 Å². The molecule has 1 fully saturated rings. The zero-order valence-electron chi connectivity index (χ0n) is 27.4. The van der Waals surface area contributed by atoms with E-state index in [9.17, 15) is 14.7 Å². The number of rotatable bonds is 14. The average molecular weight is 660 g/mol. The lowest BCUT2D eigenvalue weighted by molar-refractivity contribution is -0.124. The van der Waals surface area contributed by atoms with Gasteiger partial charge in [-0.2, -0.15) is 0 Å². The van der Waals surface area contributed by atoms with Crippen molar-refractivity contribution in [2.75, 3.05) is 46.0 Å². The largest absolute Gasteiger partial charge is 0.492 e. The Morgan fingerprint density at radius 1 is 0.915 bits per heavy atom. The molecule has 5 rings (SSSR count). The quantitative estimate of drug-likeness (QED) is 0.142. The van der Waals surface area contributed by atoms with E-state index in [2.05, 4.69) is 76.2 Å². The van der Waals surface area contributed by atoms with Crippen molar-refractivity contribution in [1.82, 2.24) is 15.5 Å². The number of alkyl carbamates (subject to hydrolysis) is 1. The predicted molar refractivity (Wildman–Crippen MR) is 186 cm³/mol. The van der Waals surface area contributed by atoms with Crippen LogP contribution < -0.4 is 20.1 Å². The smallest absolute Gasteiger partial charge is 0.408 e. The SMILES string of the molecule is CC(C)(C)OC(=O)N[C@@H](CO)C(=O)NCCOc1ccc(-c2sc3ccccc3c2Cc2ccc(OCCN3CCCC3)cc2)cc1. The summed E-state index contributed by atoms with van der Waals surface area (Å²) in [5, 5.41) is 15.9. The highest BCUT2D eigenvalue weighted by atomic mass is 32.1. The number of aliphatic hydroxyl groups is 1. The van der Waals surface area contributed by atoms with Gasteiger partial charge in [0.1, 0.15) is 36.4 Å². The normalized spacial score (nSPS) is 14.1. The number of hydrogen-bond acceptors (Lipinski definition) is 8. The molecule has 1 atom stereocenters. The number of carbonyl (C=O) groups is 2. The van der Waals surface area contributed by atoms with Crippen LogP contribution in [0, 0.1) is 0 Å². The van der Waals surface area contributed by atoms with E-state index >= 15 is 0 Å². The van der Waals surface area contributed by atoms with Crippen molar-refractivity contribution in [3.05, 3.63) is 83.9 Å². The first kappa shape index (κ1) is 34.2. The van der Waals surface area contributed by atoms with Crippen LogP contribution in [-0.2, 0) is 16.0 Å². The third kappa shape index (κ3) is 9.93. The molecule has 2 amide bonds. The summed E-state index contributed by atoms with van der Waals surface area (Å²) in [4.78, 5) is 28.1. The fourth-order valence-corrected chi connectivity index (χ4v) is 6.75. The molecule has 0 spiro atoms. The van der Waals surface area contributed by atoms with E-state index in [4.69, 9.17) is 14.2 Å².